The number of ether oxygens (including phenoxy) is 2. The maximum atomic E-state index is 12.0. The minimum atomic E-state index is -0.821. The van der Waals surface area contributed by atoms with Gasteiger partial charge in [-0.05, 0) is 57.7 Å². The highest BCUT2D eigenvalue weighted by atomic mass is 16.6. The normalized spacial score (nSPS) is 12.1. The van der Waals surface area contributed by atoms with Gasteiger partial charge in [0.15, 0.2) is 0 Å². The van der Waals surface area contributed by atoms with E-state index in [1.165, 1.54) is 0 Å². The smallest absolute Gasteiger partial charge is 0.407 e. The van der Waals surface area contributed by atoms with Gasteiger partial charge in [-0.25, -0.2) is 4.79 Å². The summed E-state index contributed by atoms with van der Waals surface area (Å²) in [5.41, 5.74) is 5.53. The molecule has 0 bridgehead atoms. The third-order valence-electron chi connectivity index (χ3n) is 3.67. The van der Waals surface area contributed by atoms with Crippen LogP contribution in [0.4, 0.5) is 4.79 Å². The fourth-order valence-corrected chi connectivity index (χ4v) is 2.42. The highest BCUT2D eigenvalue weighted by molar-refractivity contribution is 5.74. The zero-order chi connectivity index (χ0) is 21.2. The number of carboxylic acids is 1. The molecule has 0 fully saturated rings. The van der Waals surface area contributed by atoms with Crippen LogP contribution in [0.15, 0.2) is 24.3 Å². The van der Waals surface area contributed by atoms with Gasteiger partial charge in [-0.2, -0.15) is 0 Å². The van der Waals surface area contributed by atoms with Crippen molar-refractivity contribution in [2.45, 2.75) is 64.5 Å². The van der Waals surface area contributed by atoms with Crippen LogP contribution in [-0.2, 0) is 20.7 Å². The van der Waals surface area contributed by atoms with Gasteiger partial charge in [-0.1, -0.05) is 12.1 Å². The van der Waals surface area contributed by atoms with E-state index in [1.807, 2.05) is 18.2 Å². The number of carboxylic acid groups (broad SMARTS) is 1. The number of nitrogens with one attached hydrogen (secondary N) is 1. The molecular weight excluding hydrogens is 364 g/mol. The molecule has 0 aliphatic rings. The molecule has 0 spiro atoms. The van der Waals surface area contributed by atoms with Crippen molar-refractivity contribution in [3.8, 4) is 5.75 Å². The summed E-state index contributed by atoms with van der Waals surface area (Å²) in [5.74, 6) is -0.683. The first kappa shape index (κ1) is 23.3. The van der Waals surface area contributed by atoms with Crippen LogP contribution in [-0.4, -0.2) is 41.3 Å². The Bertz CT molecular complexity index is 669. The van der Waals surface area contributed by atoms with Crippen LogP contribution in [0.1, 0.15) is 52.0 Å². The molecule has 4 N–H and O–H groups in total. The minimum Gasteiger partial charge on any atom is -0.491 e. The van der Waals surface area contributed by atoms with Crippen LogP contribution < -0.4 is 15.8 Å². The molecule has 0 unspecified atom stereocenters. The van der Waals surface area contributed by atoms with E-state index in [1.54, 1.807) is 26.8 Å². The molecule has 0 saturated heterocycles. The second-order valence-electron chi connectivity index (χ2n) is 7.55. The summed E-state index contributed by atoms with van der Waals surface area (Å²) in [6, 6.07) is 6.89. The molecule has 2 amide bonds. The van der Waals surface area contributed by atoms with E-state index in [-0.39, 0.29) is 19.4 Å². The number of benzene rings is 1. The van der Waals surface area contributed by atoms with Crippen molar-refractivity contribution < 1.29 is 29.0 Å². The number of nitrogens with two attached hydrogens (primary N) is 1. The standard InChI is InChI=1S/C20H30N2O6/c1-20(2,3)28-19(26)22-15(10-11-17(21)23)13-27-16-8-4-6-14(12-16)7-5-9-18(24)25/h4,6,8,12,15H,5,7,9-11,13H2,1-3H3,(H2,21,23)(H,22,26)(H,24,25)/t15-/m0/s1. The van der Waals surface area contributed by atoms with Crippen LogP contribution in [0, 0.1) is 0 Å². The monoisotopic (exact) mass is 394 g/mol. The maximum Gasteiger partial charge on any atom is 0.407 e. The molecule has 0 radical (unpaired) electrons. The van der Waals surface area contributed by atoms with E-state index >= 15 is 0 Å². The summed E-state index contributed by atoms with van der Waals surface area (Å²) in [4.78, 5) is 33.7. The number of carbonyl (C=O) groups excluding carboxylic acids is 2. The Balaban J connectivity index is 2.63. The molecule has 0 aliphatic heterocycles. The van der Waals surface area contributed by atoms with Gasteiger partial charge >= 0.3 is 12.1 Å². The van der Waals surface area contributed by atoms with Gasteiger partial charge in [-0.3, -0.25) is 9.59 Å². The zero-order valence-corrected chi connectivity index (χ0v) is 16.7. The molecule has 0 aromatic heterocycles. The molecule has 0 heterocycles. The number of amides is 2. The molecule has 28 heavy (non-hydrogen) atoms. The van der Waals surface area contributed by atoms with Crippen LogP contribution >= 0.6 is 0 Å². The Morgan fingerprint density at radius 2 is 1.93 bits per heavy atom. The van der Waals surface area contributed by atoms with Gasteiger partial charge in [0, 0.05) is 12.8 Å². The molecule has 8 nitrogen and oxygen atoms in total. The Labute approximate surface area is 165 Å². The SMILES string of the molecule is CC(C)(C)OC(=O)N[C@@H](CCC(N)=O)COc1cccc(CCCC(=O)O)c1. The van der Waals surface area contributed by atoms with E-state index < -0.39 is 29.6 Å². The van der Waals surface area contributed by atoms with Gasteiger partial charge in [0.1, 0.15) is 18.0 Å². The third-order valence-corrected chi connectivity index (χ3v) is 3.67. The van der Waals surface area contributed by atoms with Gasteiger partial charge in [-0.15, -0.1) is 0 Å². The molecule has 156 valence electrons. The van der Waals surface area contributed by atoms with E-state index in [0.717, 1.165) is 5.56 Å². The molecule has 1 rings (SSSR count). The van der Waals surface area contributed by atoms with Gasteiger partial charge < -0.3 is 25.6 Å². The first-order valence-electron chi connectivity index (χ1n) is 9.26. The average molecular weight is 394 g/mol. The number of aliphatic carboxylic acids is 1. The van der Waals surface area contributed by atoms with Crippen molar-refractivity contribution in [1.29, 1.82) is 0 Å². The summed E-state index contributed by atoms with van der Waals surface area (Å²) in [5, 5.41) is 11.4. The topological polar surface area (TPSA) is 128 Å². The van der Waals surface area contributed by atoms with Crippen molar-refractivity contribution in [2.75, 3.05) is 6.61 Å². The molecule has 0 aliphatic carbocycles. The Morgan fingerprint density at radius 3 is 2.54 bits per heavy atom. The van der Waals surface area contributed by atoms with E-state index in [9.17, 15) is 14.4 Å². The van der Waals surface area contributed by atoms with E-state index in [4.69, 9.17) is 20.3 Å². The molecule has 1 atom stereocenters. The lowest BCUT2D eigenvalue weighted by Crippen LogP contribution is -2.42. The van der Waals surface area contributed by atoms with Crippen LogP contribution in [0.25, 0.3) is 0 Å². The first-order chi connectivity index (χ1) is 13.0. The second-order valence-corrected chi connectivity index (χ2v) is 7.55. The van der Waals surface area contributed by atoms with Crippen molar-refractivity contribution in [2.24, 2.45) is 5.73 Å². The van der Waals surface area contributed by atoms with Gasteiger partial charge in [0.25, 0.3) is 0 Å². The predicted molar refractivity (Wildman–Crippen MR) is 104 cm³/mol. The Kier molecular flexibility index (Phi) is 9.27. The lowest BCUT2D eigenvalue weighted by Gasteiger charge is -2.23. The van der Waals surface area contributed by atoms with Gasteiger partial charge in [0.2, 0.25) is 5.91 Å². The molecule has 1 aromatic rings. The van der Waals surface area contributed by atoms with Crippen molar-refractivity contribution in [1.82, 2.24) is 5.32 Å². The van der Waals surface area contributed by atoms with Crippen molar-refractivity contribution in [3.63, 3.8) is 0 Å². The summed E-state index contributed by atoms with van der Waals surface area (Å²) in [7, 11) is 0. The number of hydrogen-bond acceptors (Lipinski definition) is 5. The van der Waals surface area contributed by atoms with Crippen LogP contribution in [0.2, 0.25) is 0 Å². The zero-order valence-electron chi connectivity index (χ0n) is 16.7. The highest BCUT2D eigenvalue weighted by Crippen LogP contribution is 2.16. The maximum absolute atomic E-state index is 12.0. The molecule has 1 aromatic carbocycles. The quantitative estimate of drug-likeness (QED) is 0.529. The number of aryl methyl sites for hydroxylation is 1. The predicted octanol–water partition coefficient (Wildman–Crippen LogP) is 2.63. The minimum absolute atomic E-state index is 0.110. The molecule has 0 saturated carbocycles. The first-order valence-corrected chi connectivity index (χ1v) is 9.26. The Hall–Kier alpha value is -2.77. The summed E-state index contributed by atoms with van der Waals surface area (Å²) >= 11 is 0. The largest absolute Gasteiger partial charge is 0.491 e. The average Bonchev–Trinajstić information content (AvgIpc) is 2.55. The molecule has 8 heteroatoms. The summed E-state index contributed by atoms with van der Waals surface area (Å²) in [6.07, 6.45) is 1.13. The Morgan fingerprint density at radius 1 is 1.21 bits per heavy atom. The van der Waals surface area contributed by atoms with Crippen LogP contribution in [0.5, 0.6) is 5.75 Å². The van der Waals surface area contributed by atoms with Crippen molar-refractivity contribution in [3.05, 3.63) is 29.8 Å². The number of primary amides is 1. The van der Waals surface area contributed by atoms with Crippen molar-refractivity contribution >= 4 is 18.0 Å². The molecular formula is C20H30N2O6. The number of alkyl carbamates (subject to hydrolysis) is 1. The fraction of sp³-hybridized carbons (Fsp3) is 0.550. The highest BCUT2D eigenvalue weighted by Gasteiger charge is 2.20. The van der Waals surface area contributed by atoms with E-state index in [2.05, 4.69) is 5.32 Å². The summed E-state index contributed by atoms with van der Waals surface area (Å²) in [6.45, 7) is 5.43. The van der Waals surface area contributed by atoms with Gasteiger partial charge in [0.05, 0.1) is 6.04 Å². The number of rotatable bonds is 11. The third kappa shape index (κ3) is 11.1. The lowest BCUT2D eigenvalue weighted by molar-refractivity contribution is -0.137. The van der Waals surface area contributed by atoms with E-state index in [0.29, 0.717) is 25.0 Å². The summed E-state index contributed by atoms with van der Waals surface area (Å²) < 4.78 is 11.0. The number of hydrogen-bond donors (Lipinski definition) is 3. The number of carbonyl (C=O) groups is 3. The second kappa shape index (κ2) is 11.2. The van der Waals surface area contributed by atoms with Crippen LogP contribution in [0.3, 0.4) is 0 Å². The lowest BCUT2D eigenvalue weighted by atomic mass is 10.1. The fourth-order valence-electron chi connectivity index (χ4n) is 2.42.